The maximum absolute atomic E-state index is 14.4. The number of aryl methyl sites for hydroxylation is 1. The summed E-state index contributed by atoms with van der Waals surface area (Å²) in [4.78, 5) is 29.5. The highest BCUT2D eigenvalue weighted by Crippen LogP contribution is 2.26. The molecule has 7 nitrogen and oxygen atoms in total. The molecule has 1 N–H and O–H groups in total. The van der Waals surface area contributed by atoms with Crippen molar-refractivity contribution in [2.24, 2.45) is 0 Å². The van der Waals surface area contributed by atoms with Gasteiger partial charge in [0, 0.05) is 24.0 Å². The Kier molecular flexibility index (Phi) is 10.6. The molecule has 1 atom stereocenters. The second kappa shape index (κ2) is 14.4. The Balaban J connectivity index is 1.78. The molecule has 0 saturated heterocycles. The molecule has 0 bridgehead atoms. The van der Waals surface area contributed by atoms with E-state index in [-0.39, 0.29) is 29.8 Å². The van der Waals surface area contributed by atoms with Crippen LogP contribution in [0.4, 0.5) is 5.69 Å². The van der Waals surface area contributed by atoms with Crippen molar-refractivity contribution in [3.05, 3.63) is 131 Å². The molecule has 224 valence electrons. The SMILES string of the molecule is Cc1ccc(N(CC(=O)N(Cc2ccccc2)[C@H](Cc2ccccc2)C(=O)NC(C)C)S(=O)(=O)c2ccc(Cl)cc2)cc1. The maximum Gasteiger partial charge on any atom is 0.264 e. The predicted octanol–water partition coefficient (Wildman–Crippen LogP) is 6.01. The number of carbonyl (C=O) groups is 2. The summed E-state index contributed by atoms with van der Waals surface area (Å²) in [6.07, 6.45) is 0.256. The molecule has 0 spiro atoms. The largest absolute Gasteiger partial charge is 0.352 e. The van der Waals surface area contributed by atoms with Crippen molar-refractivity contribution in [2.45, 2.75) is 50.7 Å². The van der Waals surface area contributed by atoms with Gasteiger partial charge in [0.15, 0.2) is 0 Å². The molecule has 9 heteroatoms. The van der Waals surface area contributed by atoms with E-state index >= 15 is 0 Å². The Morgan fingerprint density at radius 1 is 0.791 bits per heavy atom. The first-order valence-corrected chi connectivity index (χ1v) is 15.9. The first-order chi connectivity index (χ1) is 20.5. The zero-order valence-corrected chi connectivity index (χ0v) is 26.1. The monoisotopic (exact) mass is 617 g/mol. The van der Waals surface area contributed by atoms with Crippen molar-refractivity contribution in [3.8, 4) is 0 Å². The second-order valence-corrected chi connectivity index (χ2v) is 13.0. The normalized spacial score (nSPS) is 12.0. The van der Waals surface area contributed by atoms with Gasteiger partial charge >= 0.3 is 0 Å². The van der Waals surface area contributed by atoms with Crippen LogP contribution in [0.5, 0.6) is 0 Å². The molecule has 0 saturated carbocycles. The van der Waals surface area contributed by atoms with E-state index in [0.717, 1.165) is 21.0 Å². The van der Waals surface area contributed by atoms with Crippen LogP contribution in [-0.4, -0.2) is 43.8 Å². The van der Waals surface area contributed by atoms with Crippen LogP contribution in [0.2, 0.25) is 5.02 Å². The van der Waals surface area contributed by atoms with Gasteiger partial charge in [-0.05, 0) is 68.3 Å². The van der Waals surface area contributed by atoms with Gasteiger partial charge < -0.3 is 10.2 Å². The Labute approximate surface area is 259 Å². The number of amides is 2. The molecule has 0 aliphatic carbocycles. The summed E-state index contributed by atoms with van der Waals surface area (Å²) in [5.74, 6) is -0.826. The molecule has 0 radical (unpaired) electrons. The molecule has 43 heavy (non-hydrogen) atoms. The highest BCUT2D eigenvalue weighted by atomic mass is 35.5. The fourth-order valence-electron chi connectivity index (χ4n) is 4.69. The van der Waals surface area contributed by atoms with Gasteiger partial charge in [0.1, 0.15) is 12.6 Å². The van der Waals surface area contributed by atoms with E-state index in [0.29, 0.717) is 10.7 Å². The molecule has 0 aliphatic heterocycles. The topological polar surface area (TPSA) is 86.8 Å². The van der Waals surface area contributed by atoms with Gasteiger partial charge in [-0.2, -0.15) is 0 Å². The number of benzene rings is 4. The zero-order chi connectivity index (χ0) is 31.0. The summed E-state index contributed by atoms with van der Waals surface area (Å²) in [5.41, 5.74) is 2.97. The minimum absolute atomic E-state index is 0.00160. The Morgan fingerprint density at radius 2 is 1.35 bits per heavy atom. The fraction of sp³-hybridized carbons (Fsp3) is 0.235. The van der Waals surface area contributed by atoms with Crippen molar-refractivity contribution in [2.75, 3.05) is 10.8 Å². The zero-order valence-electron chi connectivity index (χ0n) is 24.5. The molecular weight excluding hydrogens is 582 g/mol. The van der Waals surface area contributed by atoms with Crippen molar-refractivity contribution in [3.63, 3.8) is 0 Å². The van der Waals surface area contributed by atoms with E-state index in [1.807, 2.05) is 81.4 Å². The smallest absolute Gasteiger partial charge is 0.264 e. The third kappa shape index (κ3) is 8.46. The Bertz CT molecular complexity index is 1610. The summed E-state index contributed by atoms with van der Waals surface area (Å²) in [6.45, 7) is 5.22. The van der Waals surface area contributed by atoms with Crippen molar-refractivity contribution >= 4 is 39.1 Å². The number of hydrogen-bond acceptors (Lipinski definition) is 4. The highest BCUT2D eigenvalue weighted by molar-refractivity contribution is 7.92. The minimum Gasteiger partial charge on any atom is -0.352 e. The number of carbonyl (C=O) groups excluding carboxylic acids is 2. The lowest BCUT2D eigenvalue weighted by Crippen LogP contribution is -2.54. The standard InChI is InChI=1S/C34H36ClN3O4S/c1-25(2)36-34(40)32(22-27-10-6-4-7-11-27)37(23-28-12-8-5-9-13-28)33(39)24-38(30-18-14-26(3)15-19-30)43(41,42)31-20-16-29(35)17-21-31/h4-21,25,32H,22-24H2,1-3H3,(H,36,40)/t32-/m1/s1. The van der Waals surface area contributed by atoms with Gasteiger partial charge in [-0.15, -0.1) is 0 Å². The Morgan fingerprint density at radius 3 is 1.91 bits per heavy atom. The second-order valence-electron chi connectivity index (χ2n) is 10.7. The van der Waals surface area contributed by atoms with Gasteiger partial charge in [0.2, 0.25) is 11.8 Å². The van der Waals surface area contributed by atoms with Crippen LogP contribution in [0.1, 0.15) is 30.5 Å². The third-order valence-electron chi connectivity index (χ3n) is 6.90. The van der Waals surface area contributed by atoms with E-state index in [2.05, 4.69) is 5.32 Å². The molecule has 0 heterocycles. The number of nitrogens with one attached hydrogen (secondary N) is 1. The van der Waals surface area contributed by atoms with E-state index in [1.165, 1.54) is 29.2 Å². The van der Waals surface area contributed by atoms with E-state index in [4.69, 9.17) is 11.6 Å². The van der Waals surface area contributed by atoms with E-state index in [1.54, 1.807) is 24.3 Å². The molecule has 0 aliphatic rings. The van der Waals surface area contributed by atoms with Gasteiger partial charge in [0.25, 0.3) is 10.0 Å². The number of hydrogen-bond donors (Lipinski definition) is 1. The van der Waals surface area contributed by atoms with Crippen molar-refractivity contribution in [1.29, 1.82) is 0 Å². The van der Waals surface area contributed by atoms with Crippen LogP contribution in [-0.2, 0) is 32.6 Å². The molecular formula is C34H36ClN3O4S. The molecule has 4 aromatic carbocycles. The fourth-order valence-corrected chi connectivity index (χ4v) is 6.23. The molecule has 0 unspecified atom stereocenters. The quantitative estimate of drug-likeness (QED) is 0.211. The van der Waals surface area contributed by atoms with Crippen LogP contribution >= 0.6 is 11.6 Å². The average Bonchev–Trinajstić information content (AvgIpc) is 2.99. The van der Waals surface area contributed by atoms with Gasteiger partial charge in [0.05, 0.1) is 10.6 Å². The lowest BCUT2D eigenvalue weighted by Gasteiger charge is -2.34. The van der Waals surface area contributed by atoms with Crippen LogP contribution in [0, 0.1) is 6.92 Å². The van der Waals surface area contributed by atoms with Crippen LogP contribution in [0.3, 0.4) is 0 Å². The number of anilines is 1. The first kappa shape index (κ1) is 31.8. The summed E-state index contributed by atoms with van der Waals surface area (Å²) in [5, 5.41) is 3.35. The predicted molar refractivity (Wildman–Crippen MR) is 171 cm³/mol. The first-order valence-electron chi connectivity index (χ1n) is 14.1. The van der Waals surface area contributed by atoms with Gasteiger partial charge in [-0.25, -0.2) is 8.42 Å². The Hall–Kier alpha value is -4.14. The molecule has 0 aromatic heterocycles. The van der Waals surface area contributed by atoms with Gasteiger partial charge in [-0.3, -0.25) is 13.9 Å². The lowest BCUT2D eigenvalue weighted by molar-refractivity contribution is -0.140. The average molecular weight is 618 g/mol. The highest BCUT2D eigenvalue weighted by Gasteiger charge is 2.34. The summed E-state index contributed by atoms with van der Waals surface area (Å²) in [7, 11) is -4.18. The molecule has 4 rings (SSSR count). The molecule has 0 fully saturated rings. The van der Waals surface area contributed by atoms with Crippen LogP contribution in [0.25, 0.3) is 0 Å². The van der Waals surface area contributed by atoms with Gasteiger partial charge in [-0.1, -0.05) is 90.0 Å². The summed E-state index contributed by atoms with van der Waals surface area (Å²) < 4.78 is 29.1. The lowest BCUT2D eigenvalue weighted by atomic mass is 10.0. The van der Waals surface area contributed by atoms with Crippen LogP contribution < -0.4 is 9.62 Å². The van der Waals surface area contributed by atoms with E-state index < -0.39 is 28.5 Å². The summed E-state index contributed by atoms with van der Waals surface area (Å²) in [6, 6.07) is 30.5. The molecule has 2 amide bonds. The van der Waals surface area contributed by atoms with Crippen molar-refractivity contribution < 1.29 is 18.0 Å². The minimum atomic E-state index is -4.18. The number of sulfonamides is 1. The number of rotatable bonds is 12. The number of halogens is 1. The molecule has 4 aromatic rings. The van der Waals surface area contributed by atoms with Crippen LogP contribution in [0.15, 0.2) is 114 Å². The summed E-state index contributed by atoms with van der Waals surface area (Å²) >= 11 is 6.04. The number of nitrogens with zero attached hydrogens (tertiary/aromatic N) is 2. The third-order valence-corrected chi connectivity index (χ3v) is 8.94. The van der Waals surface area contributed by atoms with E-state index in [9.17, 15) is 18.0 Å². The van der Waals surface area contributed by atoms with Crippen molar-refractivity contribution in [1.82, 2.24) is 10.2 Å². The maximum atomic E-state index is 14.4.